The van der Waals surface area contributed by atoms with Crippen LogP contribution in [0.1, 0.15) is 19.4 Å². The Kier molecular flexibility index (Phi) is 4.50. The van der Waals surface area contributed by atoms with Crippen LogP contribution >= 0.6 is 0 Å². The summed E-state index contributed by atoms with van der Waals surface area (Å²) < 4.78 is 13.6. The van der Waals surface area contributed by atoms with Crippen molar-refractivity contribution in [2.24, 2.45) is 0 Å². The molecule has 0 aliphatic rings. The number of anilines is 1. The Morgan fingerprint density at radius 3 is 2.69 bits per heavy atom. The number of halogens is 1. The molecule has 0 saturated heterocycles. The Morgan fingerprint density at radius 1 is 1.50 bits per heavy atom. The zero-order valence-electron chi connectivity index (χ0n) is 9.91. The highest BCUT2D eigenvalue weighted by molar-refractivity contribution is 5.40. The summed E-state index contributed by atoms with van der Waals surface area (Å²) in [7, 11) is 0. The molecule has 1 aromatic carbocycles. The Labute approximate surface area is 96.6 Å². The van der Waals surface area contributed by atoms with Gasteiger partial charge in [-0.15, -0.1) is 6.58 Å². The topological polar surface area (TPSA) is 29.3 Å². The number of hydrogen-bond donors (Lipinski definition) is 1. The average Bonchev–Trinajstić information content (AvgIpc) is 2.20. The van der Waals surface area contributed by atoms with Crippen molar-refractivity contribution in [2.45, 2.75) is 26.4 Å². The smallest absolute Gasteiger partial charge is 0.129 e. The minimum atomic E-state index is -0.241. The highest BCUT2D eigenvalue weighted by atomic mass is 19.1. The summed E-state index contributed by atoms with van der Waals surface area (Å²) in [6, 6.07) is 5.19. The van der Waals surface area contributed by atoms with Crippen LogP contribution in [0.5, 0.6) is 0 Å². The number of nitrogen functional groups attached to an aromatic ring is 1. The maximum absolute atomic E-state index is 13.6. The first kappa shape index (κ1) is 12.7. The quantitative estimate of drug-likeness (QED) is 0.613. The molecule has 16 heavy (non-hydrogen) atoms. The van der Waals surface area contributed by atoms with Crippen LogP contribution in [0.2, 0.25) is 0 Å². The third kappa shape index (κ3) is 3.35. The minimum Gasteiger partial charge on any atom is -0.399 e. The van der Waals surface area contributed by atoms with Gasteiger partial charge in [-0.1, -0.05) is 12.1 Å². The fourth-order valence-corrected chi connectivity index (χ4v) is 1.53. The van der Waals surface area contributed by atoms with Crippen molar-refractivity contribution in [3.63, 3.8) is 0 Å². The SMILES string of the molecule is C=CCN(Cc1ccc(N)cc1F)C(C)C. The zero-order chi connectivity index (χ0) is 12.1. The lowest BCUT2D eigenvalue weighted by Crippen LogP contribution is -2.30. The summed E-state index contributed by atoms with van der Waals surface area (Å²) in [5.74, 6) is -0.241. The van der Waals surface area contributed by atoms with Crippen LogP contribution in [0, 0.1) is 5.82 Å². The molecule has 0 unspecified atom stereocenters. The average molecular weight is 222 g/mol. The normalized spacial score (nSPS) is 11.1. The van der Waals surface area contributed by atoms with Gasteiger partial charge in [0.05, 0.1) is 0 Å². The van der Waals surface area contributed by atoms with Gasteiger partial charge >= 0.3 is 0 Å². The van der Waals surface area contributed by atoms with E-state index in [2.05, 4.69) is 25.3 Å². The first-order valence-corrected chi connectivity index (χ1v) is 5.43. The highest BCUT2D eigenvalue weighted by Gasteiger charge is 2.11. The van der Waals surface area contributed by atoms with Crippen LogP contribution in [-0.2, 0) is 6.54 Å². The predicted octanol–water partition coefficient (Wildman–Crippen LogP) is 2.80. The molecule has 1 rings (SSSR count). The van der Waals surface area contributed by atoms with Gasteiger partial charge in [-0.2, -0.15) is 0 Å². The summed E-state index contributed by atoms with van der Waals surface area (Å²) in [5, 5.41) is 0. The van der Waals surface area contributed by atoms with Gasteiger partial charge in [-0.3, -0.25) is 4.90 Å². The van der Waals surface area contributed by atoms with Gasteiger partial charge in [0.15, 0.2) is 0 Å². The molecule has 0 atom stereocenters. The van der Waals surface area contributed by atoms with E-state index in [4.69, 9.17) is 5.73 Å². The number of nitrogens with two attached hydrogens (primary N) is 1. The fourth-order valence-electron chi connectivity index (χ4n) is 1.53. The second kappa shape index (κ2) is 5.66. The summed E-state index contributed by atoms with van der Waals surface area (Å²) >= 11 is 0. The standard InChI is InChI=1S/C13H19FN2/c1-4-7-16(10(2)3)9-11-5-6-12(15)8-13(11)14/h4-6,8,10H,1,7,9,15H2,2-3H3. The third-order valence-electron chi connectivity index (χ3n) is 2.54. The van der Waals surface area contributed by atoms with Crippen LogP contribution in [0.3, 0.4) is 0 Å². The summed E-state index contributed by atoms with van der Waals surface area (Å²) in [5.41, 5.74) is 6.64. The largest absolute Gasteiger partial charge is 0.399 e. The van der Waals surface area contributed by atoms with E-state index >= 15 is 0 Å². The maximum atomic E-state index is 13.6. The van der Waals surface area contributed by atoms with Crippen molar-refractivity contribution in [1.82, 2.24) is 4.90 Å². The van der Waals surface area contributed by atoms with Crippen molar-refractivity contribution in [3.8, 4) is 0 Å². The fraction of sp³-hybridized carbons (Fsp3) is 0.385. The van der Waals surface area contributed by atoms with Crippen molar-refractivity contribution >= 4 is 5.69 Å². The van der Waals surface area contributed by atoms with Gasteiger partial charge < -0.3 is 5.73 Å². The molecule has 0 fully saturated rings. The lowest BCUT2D eigenvalue weighted by atomic mass is 10.1. The Balaban J connectivity index is 2.80. The number of benzene rings is 1. The summed E-state index contributed by atoms with van der Waals surface area (Å²) in [6.45, 7) is 9.20. The van der Waals surface area contributed by atoms with Gasteiger partial charge in [0.25, 0.3) is 0 Å². The van der Waals surface area contributed by atoms with E-state index in [1.807, 2.05) is 6.08 Å². The van der Waals surface area contributed by atoms with Gasteiger partial charge in [-0.25, -0.2) is 4.39 Å². The number of nitrogens with zero attached hydrogens (tertiary/aromatic N) is 1. The summed E-state index contributed by atoms with van der Waals surface area (Å²) in [4.78, 5) is 2.14. The van der Waals surface area contributed by atoms with Crippen LogP contribution < -0.4 is 5.73 Å². The van der Waals surface area contributed by atoms with E-state index in [9.17, 15) is 4.39 Å². The second-order valence-corrected chi connectivity index (χ2v) is 4.16. The number of rotatable bonds is 5. The van der Waals surface area contributed by atoms with Crippen LogP contribution in [-0.4, -0.2) is 17.5 Å². The highest BCUT2D eigenvalue weighted by Crippen LogP contribution is 2.15. The van der Waals surface area contributed by atoms with Crippen molar-refractivity contribution < 1.29 is 4.39 Å². The maximum Gasteiger partial charge on any atom is 0.129 e. The molecule has 0 bridgehead atoms. The molecule has 0 aliphatic carbocycles. The van der Waals surface area contributed by atoms with Crippen LogP contribution in [0.25, 0.3) is 0 Å². The Hall–Kier alpha value is -1.35. The van der Waals surface area contributed by atoms with E-state index in [1.165, 1.54) is 6.07 Å². The van der Waals surface area contributed by atoms with Gasteiger partial charge in [0.2, 0.25) is 0 Å². The van der Waals surface area contributed by atoms with E-state index in [-0.39, 0.29) is 5.82 Å². The number of hydrogen-bond acceptors (Lipinski definition) is 2. The van der Waals surface area contributed by atoms with Crippen molar-refractivity contribution in [1.29, 1.82) is 0 Å². The lowest BCUT2D eigenvalue weighted by molar-refractivity contribution is 0.234. The predicted molar refractivity (Wildman–Crippen MR) is 66.6 cm³/mol. The second-order valence-electron chi connectivity index (χ2n) is 4.16. The molecule has 0 aromatic heterocycles. The van der Waals surface area contributed by atoms with E-state index in [0.29, 0.717) is 23.8 Å². The lowest BCUT2D eigenvalue weighted by Gasteiger charge is -2.25. The molecule has 0 aliphatic heterocycles. The molecule has 0 amide bonds. The zero-order valence-corrected chi connectivity index (χ0v) is 9.91. The van der Waals surface area contributed by atoms with Gasteiger partial charge in [-0.05, 0) is 26.0 Å². The molecular formula is C13H19FN2. The Morgan fingerprint density at radius 2 is 2.19 bits per heavy atom. The molecule has 2 nitrogen and oxygen atoms in total. The van der Waals surface area contributed by atoms with Crippen LogP contribution in [0.15, 0.2) is 30.9 Å². The van der Waals surface area contributed by atoms with E-state index in [1.54, 1.807) is 12.1 Å². The van der Waals surface area contributed by atoms with E-state index in [0.717, 1.165) is 6.54 Å². The van der Waals surface area contributed by atoms with Gasteiger partial charge in [0, 0.05) is 30.4 Å². The first-order chi connectivity index (χ1) is 7.54. The molecule has 88 valence electrons. The third-order valence-corrected chi connectivity index (χ3v) is 2.54. The first-order valence-electron chi connectivity index (χ1n) is 5.43. The van der Waals surface area contributed by atoms with E-state index < -0.39 is 0 Å². The molecule has 0 saturated carbocycles. The molecule has 3 heteroatoms. The van der Waals surface area contributed by atoms with Crippen molar-refractivity contribution in [2.75, 3.05) is 12.3 Å². The minimum absolute atomic E-state index is 0.241. The van der Waals surface area contributed by atoms with Gasteiger partial charge in [0.1, 0.15) is 5.82 Å². The molecule has 0 spiro atoms. The summed E-state index contributed by atoms with van der Waals surface area (Å²) in [6.07, 6.45) is 1.83. The molecule has 2 N–H and O–H groups in total. The Bertz CT molecular complexity index is 361. The van der Waals surface area contributed by atoms with Crippen LogP contribution in [0.4, 0.5) is 10.1 Å². The molecular weight excluding hydrogens is 203 g/mol. The monoisotopic (exact) mass is 222 g/mol. The molecule has 0 radical (unpaired) electrons. The van der Waals surface area contributed by atoms with Crippen molar-refractivity contribution in [3.05, 3.63) is 42.2 Å². The molecule has 1 aromatic rings. The molecule has 0 heterocycles.